The minimum absolute atomic E-state index is 0.154. The number of halogens is 1. The standard InChI is InChI=1S/C20H18FN3O4/c1-11-17(18(24-28-11)12-5-7-14(21)8-6-12)19(25)13-9-16(22-10-13)27-20(26)23-15-3-2-4-15/h5-10,15,22H,2-4H2,1H3,(H,23,26). The summed E-state index contributed by atoms with van der Waals surface area (Å²) < 4.78 is 23.6. The largest absolute Gasteiger partial charge is 0.414 e. The maximum atomic E-state index is 13.2. The van der Waals surface area contributed by atoms with Crippen LogP contribution < -0.4 is 10.1 Å². The molecule has 2 aromatic heterocycles. The topological polar surface area (TPSA) is 97.2 Å². The van der Waals surface area contributed by atoms with Crippen molar-refractivity contribution in [3.63, 3.8) is 0 Å². The number of aromatic amines is 1. The summed E-state index contributed by atoms with van der Waals surface area (Å²) in [6.45, 7) is 1.63. The smallest absolute Gasteiger partial charge is 0.393 e. The van der Waals surface area contributed by atoms with Crippen LogP contribution >= 0.6 is 0 Å². The maximum absolute atomic E-state index is 13.2. The fourth-order valence-corrected chi connectivity index (χ4v) is 3.00. The number of hydrogen-bond donors (Lipinski definition) is 2. The monoisotopic (exact) mass is 383 g/mol. The van der Waals surface area contributed by atoms with Crippen LogP contribution in [0.3, 0.4) is 0 Å². The number of ether oxygens (including phenoxy) is 1. The number of rotatable bonds is 5. The van der Waals surface area contributed by atoms with Crippen molar-refractivity contribution in [1.29, 1.82) is 0 Å². The first-order chi connectivity index (χ1) is 13.5. The van der Waals surface area contributed by atoms with Crippen molar-refractivity contribution in [3.8, 4) is 17.1 Å². The summed E-state index contributed by atoms with van der Waals surface area (Å²) in [5.41, 5.74) is 1.46. The molecule has 0 saturated heterocycles. The summed E-state index contributed by atoms with van der Waals surface area (Å²) in [5, 5.41) is 6.70. The molecule has 1 aliphatic rings. The van der Waals surface area contributed by atoms with Crippen molar-refractivity contribution in [2.75, 3.05) is 0 Å². The Morgan fingerprint density at radius 3 is 2.71 bits per heavy atom. The SMILES string of the molecule is Cc1onc(-c2ccc(F)cc2)c1C(=O)c1c[nH]c(OC(=O)NC2CCC2)c1. The van der Waals surface area contributed by atoms with Gasteiger partial charge in [-0.2, -0.15) is 0 Å². The van der Waals surface area contributed by atoms with Crippen LogP contribution in [0.1, 0.15) is 40.9 Å². The first kappa shape index (κ1) is 18.0. The molecular weight excluding hydrogens is 365 g/mol. The van der Waals surface area contributed by atoms with Gasteiger partial charge in [0.2, 0.25) is 11.7 Å². The lowest BCUT2D eigenvalue weighted by atomic mass is 9.93. The van der Waals surface area contributed by atoms with Gasteiger partial charge in [-0.15, -0.1) is 0 Å². The number of H-pyrrole nitrogens is 1. The molecule has 0 radical (unpaired) electrons. The summed E-state index contributed by atoms with van der Waals surface area (Å²) in [7, 11) is 0. The lowest BCUT2D eigenvalue weighted by molar-refractivity contribution is 0.103. The molecule has 28 heavy (non-hydrogen) atoms. The van der Waals surface area contributed by atoms with E-state index in [1.165, 1.54) is 36.5 Å². The molecule has 2 N–H and O–H groups in total. The summed E-state index contributed by atoms with van der Waals surface area (Å²) in [4.78, 5) is 27.6. The molecule has 1 amide bonds. The summed E-state index contributed by atoms with van der Waals surface area (Å²) in [5.74, 6) is -0.221. The molecule has 2 heterocycles. The molecule has 1 saturated carbocycles. The Labute approximate surface area is 159 Å². The van der Waals surface area contributed by atoms with Gasteiger partial charge in [0.25, 0.3) is 0 Å². The van der Waals surface area contributed by atoms with Gasteiger partial charge in [-0.3, -0.25) is 4.79 Å². The molecule has 8 heteroatoms. The molecule has 144 valence electrons. The molecular formula is C20H18FN3O4. The third-order valence-corrected chi connectivity index (χ3v) is 4.76. The van der Waals surface area contributed by atoms with E-state index in [1.807, 2.05) is 0 Å². The number of aryl methyl sites for hydroxylation is 1. The van der Waals surface area contributed by atoms with E-state index in [9.17, 15) is 14.0 Å². The molecule has 0 atom stereocenters. The number of carbonyl (C=O) groups excluding carboxylic acids is 2. The number of ketones is 1. The van der Waals surface area contributed by atoms with Crippen LogP contribution in [0.4, 0.5) is 9.18 Å². The molecule has 0 unspecified atom stereocenters. The highest BCUT2D eigenvalue weighted by Gasteiger charge is 2.25. The van der Waals surface area contributed by atoms with Crippen LogP contribution in [0.2, 0.25) is 0 Å². The van der Waals surface area contributed by atoms with Crippen LogP contribution in [0.25, 0.3) is 11.3 Å². The Kier molecular flexibility index (Phi) is 4.68. The fraction of sp³-hybridized carbons (Fsp3) is 0.250. The number of nitrogens with one attached hydrogen (secondary N) is 2. The Balaban J connectivity index is 1.53. The van der Waals surface area contributed by atoms with E-state index in [0.717, 1.165) is 19.3 Å². The first-order valence-electron chi connectivity index (χ1n) is 8.95. The molecule has 1 fully saturated rings. The molecule has 0 spiro atoms. The van der Waals surface area contributed by atoms with Crippen molar-refractivity contribution in [2.45, 2.75) is 32.2 Å². The van der Waals surface area contributed by atoms with Crippen molar-refractivity contribution in [2.24, 2.45) is 0 Å². The van der Waals surface area contributed by atoms with Crippen LogP contribution in [-0.4, -0.2) is 28.1 Å². The second-order valence-electron chi connectivity index (χ2n) is 6.71. The second-order valence-corrected chi connectivity index (χ2v) is 6.71. The first-order valence-corrected chi connectivity index (χ1v) is 8.95. The van der Waals surface area contributed by atoms with Crippen molar-refractivity contribution < 1.29 is 23.2 Å². The Bertz CT molecular complexity index is 1020. The molecule has 7 nitrogen and oxygen atoms in total. The second kappa shape index (κ2) is 7.30. The molecule has 0 bridgehead atoms. The third-order valence-electron chi connectivity index (χ3n) is 4.76. The number of nitrogens with zero attached hydrogens (tertiary/aromatic N) is 1. The summed E-state index contributed by atoms with van der Waals surface area (Å²) in [6.07, 6.45) is 3.89. The molecule has 1 aliphatic carbocycles. The summed E-state index contributed by atoms with van der Waals surface area (Å²) >= 11 is 0. The average molecular weight is 383 g/mol. The van der Waals surface area contributed by atoms with Crippen molar-refractivity contribution in [1.82, 2.24) is 15.5 Å². The number of benzene rings is 1. The van der Waals surface area contributed by atoms with Crippen LogP contribution in [0.15, 0.2) is 41.1 Å². The summed E-state index contributed by atoms with van der Waals surface area (Å²) in [6, 6.07) is 7.23. The van der Waals surface area contributed by atoms with Gasteiger partial charge < -0.3 is 19.6 Å². The number of aromatic nitrogens is 2. The average Bonchev–Trinajstić information content (AvgIpc) is 3.25. The van der Waals surface area contributed by atoms with Crippen molar-refractivity contribution in [3.05, 3.63) is 59.2 Å². The zero-order valence-corrected chi connectivity index (χ0v) is 15.1. The van der Waals surface area contributed by atoms with E-state index in [0.29, 0.717) is 22.6 Å². The van der Waals surface area contributed by atoms with Gasteiger partial charge in [-0.1, -0.05) is 5.16 Å². The van der Waals surface area contributed by atoms with Gasteiger partial charge in [0.1, 0.15) is 17.3 Å². The van der Waals surface area contributed by atoms with Gasteiger partial charge >= 0.3 is 6.09 Å². The number of amides is 1. The van der Waals surface area contributed by atoms with Crippen molar-refractivity contribution >= 4 is 11.9 Å². The Morgan fingerprint density at radius 1 is 1.29 bits per heavy atom. The Hall–Kier alpha value is -3.42. The van der Waals surface area contributed by atoms with E-state index in [1.54, 1.807) is 6.92 Å². The molecule has 4 rings (SSSR count). The zero-order valence-electron chi connectivity index (χ0n) is 15.1. The minimum atomic E-state index is -0.557. The van der Waals surface area contributed by atoms with E-state index in [-0.39, 0.29) is 29.1 Å². The highest BCUT2D eigenvalue weighted by Crippen LogP contribution is 2.28. The Morgan fingerprint density at radius 2 is 2.04 bits per heavy atom. The van der Waals surface area contributed by atoms with Gasteiger partial charge in [0.15, 0.2) is 0 Å². The number of hydrogen-bond acceptors (Lipinski definition) is 5. The van der Waals surface area contributed by atoms with Crippen LogP contribution in [0.5, 0.6) is 5.88 Å². The quantitative estimate of drug-likeness (QED) is 0.650. The van der Waals surface area contributed by atoms with E-state index in [2.05, 4.69) is 15.5 Å². The maximum Gasteiger partial charge on any atom is 0.414 e. The predicted molar refractivity (Wildman–Crippen MR) is 97.7 cm³/mol. The lowest BCUT2D eigenvalue weighted by Crippen LogP contribution is -2.41. The predicted octanol–water partition coefficient (Wildman–Crippen LogP) is 3.99. The van der Waals surface area contributed by atoms with E-state index < -0.39 is 6.09 Å². The zero-order chi connectivity index (χ0) is 19.7. The highest BCUT2D eigenvalue weighted by atomic mass is 19.1. The fourth-order valence-electron chi connectivity index (χ4n) is 3.00. The molecule has 0 aliphatic heterocycles. The van der Waals surface area contributed by atoms with Crippen LogP contribution in [-0.2, 0) is 0 Å². The third kappa shape index (κ3) is 3.53. The van der Waals surface area contributed by atoms with Gasteiger partial charge in [-0.05, 0) is 50.5 Å². The van der Waals surface area contributed by atoms with Gasteiger partial charge in [0, 0.05) is 29.4 Å². The lowest BCUT2D eigenvalue weighted by Gasteiger charge is -2.25. The van der Waals surface area contributed by atoms with E-state index >= 15 is 0 Å². The normalized spacial score (nSPS) is 13.8. The van der Waals surface area contributed by atoms with Gasteiger partial charge in [0.05, 0.1) is 5.56 Å². The van der Waals surface area contributed by atoms with Gasteiger partial charge in [-0.25, -0.2) is 9.18 Å². The highest BCUT2D eigenvalue weighted by molar-refractivity contribution is 6.13. The van der Waals surface area contributed by atoms with Crippen LogP contribution in [0, 0.1) is 12.7 Å². The molecule has 3 aromatic rings. The number of carbonyl (C=O) groups is 2. The molecule has 1 aromatic carbocycles. The van der Waals surface area contributed by atoms with E-state index in [4.69, 9.17) is 9.26 Å². The minimum Gasteiger partial charge on any atom is -0.393 e.